The standard InChI is InChI=1S/C16H24BrN3O/c1-4-5-6-7-8-13(18)11-9-14-15(10-12(11)17)20(3)16(21)19(14)2/h9-10,13H,4-8,18H2,1-3H3. The molecule has 2 N–H and O–H groups in total. The Hall–Kier alpha value is -1.07. The van der Waals surface area contributed by atoms with Gasteiger partial charge in [0.2, 0.25) is 0 Å². The SMILES string of the molecule is CCCCCCC(N)c1cc2c(cc1Br)n(C)c(=O)n2C. The topological polar surface area (TPSA) is 52.9 Å². The highest BCUT2D eigenvalue weighted by molar-refractivity contribution is 9.10. The molecule has 1 heterocycles. The maximum Gasteiger partial charge on any atom is 0.328 e. The molecule has 0 aliphatic carbocycles. The quantitative estimate of drug-likeness (QED) is 0.806. The lowest BCUT2D eigenvalue weighted by Crippen LogP contribution is -2.19. The Kier molecular flexibility index (Phi) is 5.27. The predicted molar refractivity (Wildman–Crippen MR) is 91.5 cm³/mol. The van der Waals surface area contributed by atoms with E-state index in [4.69, 9.17) is 5.73 Å². The molecule has 1 aromatic heterocycles. The first-order valence-corrected chi connectivity index (χ1v) is 8.37. The van der Waals surface area contributed by atoms with Crippen molar-refractivity contribution >= 4 is 27.0 Å². The molecule has 1 aromatic carbocycles. The molecule has 1 unspecified atom stereocenters. The van der Waals surface area contributed by atoms with Crippen molar-refractivity contribution < 1.29 is 0 Å². The summed E-state index contributed by atoms with van der Waals surface area (Å²) in [7, 11) is 3.59. The van der Waals surface area contributed by atoms with Crippen LogP contribution in [0.2, 0.25) is 0 Å². The number of nitrogens with two attached hydrogens (primary N) is 1. The van der Waals surface area contributed by atoms with Gasteiger partial charge in [-0.1, -0.05) is 48.5 Å². The maximum atomic E-state index is 12.0. The van der Waals surface area contributed by atoms with E-state index in [2.05, 4.69) is 22.9 Å². The van der Waals surface area contributed by atoms with Crippen LogP contribution < -0.4 is 11.4 Å². The molecule has 116 valence electrons. The van der Waals surface area contributed by atoms with Gasteiger partial charge in [-0.2, -0.15) is 0 Å². The van der Waals surface area contributed by atoms with E-state index < -0.39 is 0 Å². The number of halogens is 1. The Morgan fingerprint density at radius 3 is 2.38 bits per heavy atom. The molecule has 0 spiro atoms. The van der Waals surface area contributed by atoms with Crippen molar-refractivity contribution in [1.29, 1.82) is 0 Å². The Morgan fingerprint density at radius 2 is 1.76 bits per heavy atom. The van der Waals surface area contributed by atoms with Crippen molar-refractivity contribution in [2.45, 2.75) is 45.1 Å². The number of aryl methyl sites for hydroxylation is 2. The van der Waals surface area contributed by atoms with Crippen molar-refractivity contribution in [2.24, 2.45) is 19.8 Å². The predicted octanol–water partition coefficient (Wildman–Crippen LogP) is 3.61. The Morgan fingerprint density at radius 1 is 1.14 bits per heavy atom. The van der Waals surface area contributed by atoms with Crippen molar-refractivity contribution in [3.8, 4) is 0 Å². The molecule has 1 atom stereocenters. The molecule has 4 nitrogen and oxygen atoms in total. The molecule has 0 amide bonds. The molecule has 2 rings (SSSR count). The van der Waals surface area contributed by atoms with Crippen LogP contribution in [0.3, 0.4) is 0 Å². The average molecular weight is 354 g/mol. The smallest absolute Gasteiger partial charge is 0.324 e. The van der Waals surface area contributed by atoms with Gasteiger partial charge in [-0.05, 0) is 24.1 Å². The van der Waals surface area contributed by atoms with E-state index in [-0.39, 0.29) is 11.7 Å². The van der Waals surface area contributed by atoms with Gasteiger partial charge >= 0.3 is 5.69 Å². The molecule has 0 saturated carbocycles. The van der Waals surface area contributed by atoms with Crippen LogP contribution in [0, 0.1) is 0 Å². The minimum atomic E-state index is -0.00873. The number of hydrogen-bond donors (Lipinski definition) is 1. The third-order valence-electron chi connectivity index (χ3n) is 4.16. The van der Waals surface area contributed by atoms with Gasteiger partial charge in [0.1, 0.15) is 0 Å². The van der Waals surface area contributed by atoms with Crippen molar-refractivity contribution in [3.05, 3.63) is 32.7 Å². The van der Waals surface area contributed by atoms with Gasteiger partial charge in [0, 0.05) is 24.6 Å². The van der Waals surface area contributed by atoms with Gasteiger partial charge in [0.15, 0.2) is 0 Å². The molecule has 0 aliphatic rings. The molecule has 0 aliphatic heterocycles. The first-order chi connectivity index (χ1) is 9.97. The molecule has 2 aromatic rings. The van der Waals surface area contributed by atoms with Gasteiger partial charge in [-0.3, -0.25) is 9.13 Å². The summed E-state index contributed by atoms with van der Waals surface area (Å²) < 4.78 is 4.32. The van der Waals surface area contributed by atoms with Crippen molar-refractivity contribution in [2.75, 3.05) is 0 Å². The molecule has 0 bridgehead atoms. The van der Waals surface area contributed by atoms with Crippen LogP contribution in [0.25, 0.3) is 11.0 Å². The van der Waals surface area contributed by atoms with Crippen molar-refractivity contribution in [3.63, 3.8) is 0 Å². The molecule has 0 saturated heterocycles. The molecule has 0 radical (unpaired) electrons. The summed E-state index contributed by atoms with van der Waals surface area (Å²) >= 11 is 3.60. The summed E-state index contributed by atoms with van der Waals surface area (Å²) in [5.41, 5.74) is 9.28. The third kappa shape index (κ3) is 3.24. The van der Waals surface area contributed by atoms with E-state index in [1.807, 2.05) is 12.1 Å². The third-order valence-corrected chi connectivity index (χ3v) is 4.85. The van der Waals surface area contributed by atoms with Crippen LogP contribution in [0.15, 0.2) is 21.4 Å². The molecular formula is C16H24BrN3O. The van der Waals surface area contributed by atoms with Crippen LogP contribution >= 0.6 is 15.9 Å². The van der Waals surface area contributed by atoms with Gasteiger partial charge in [0.25, 0.3) is 0 Å². The number of benzene rings is 1. The summed E-state index contributed by atoms with van der Waals surface area (Å²) in [6.45, 7) is 2.21. The fourth-order valence-electron chi connectivity index (χ4n) is 2.77. The molecule has 0 fully saturated rings. The minimum absolute atomic E-state index is 0.00873. The van der Waals surface area contributed by atoms with E-state index >= 15 is 0 Å². The van der Waals surface area contributed by atoms with Gasteiger partial charge in [-0.15, -0.1) is 0 Å². The maximum absolute atomic E-state index is 12.0. The fourth-order valence-corrected chi connectivity index (χ4v) is 3.39. The van der Waals surface area contributed by atoms with Gasteiger partial charge in [-0.25, -0.2) is 4.79 Å². The molecule has 5 heteroatoms. The van der Waals surface area contributed by atoms with E-state index in [1.54, 1.807) is 23.2 Å². The van der Waals surface area contributed by atoms with Crippen LogP contribution in [-0.4, -0.2) is 9.13 Å². The number of imidazole rings is 1. The summed E-state index contributed by atoms with van der Waals surface area (Å²) in [5.74, 6) is 0. The summed E-state index contributed by atoms with van der Waals surface area (Å²) in [6, 6.07) is 4.06. The van der Waals surface area contributed by atoms with E-state index in [1.165, 1.54) is 19.3 Å². The highest BCUT2D eigenvalue weighted by Crippen LogP contribution is 2.29. The molecule has 21 heavy (non-hydrogen) atoms. The lowest BCUT2D eigenvalue weighted by atomic mass is 10.0. The van der Waals surface area contributed by atoms with Crippen LogP contribution in [-0.2, 0) is 14.1 Å². The van der Waals surface area contributed by atoms with Crippen LogP contribution in [0.5, 0.6) is 0 Å². The minimum Gasteiger partial charge on any atom is -0.324 e. The van der Waals surface area contributed by atoms with Crippen LogP contribution in [0.1, 0.15) is 50.6 Å². The first kappa shape index (κ1) is 16.3. The molecular weight excluding hydrogens is 330 g/mol. The largest absolute Gasteiger partial charge is 0.328 e. The first-order valence-electron chi connectivity index (χ1n) is 7.57. The zero-order chi connectivity index (χ0) is 15.6. The zero-order valence-corrected chi connectivity index (χ0v) is 14.6. The van der Waals surface area contributed by atoms with Crippen LogP contribution in [0.4, 0.5) is 0 Å². The fraction of sp³-hybridized carbons (Fsp3) is 0.562. The second-order valence-corrected chi connectivity index (χ2v) is 6.57. The highest BCUT2D eigenvalue weighted by atomic mass is 79.9. The number of hydrogen-bond acceptors (Lipinski definition) is 2. The Labute approximate surface area is 134 Å². The van der Waals surface area contributed by atoms with Gasteiger partial charge in [0.05, 0.1) is 11.0 Å². The second kappa shape index (κ2) is 6.79. The summed E-state index contributed by atoms with van der Waals surface area (Å²) in [5, 5.41) is 0. The summed E-state index contributed by atoms with van der Waals surface area (Å²) in [4.78, 5) is 12.0. The van der Waals surface area contributed by atoms with E-state index in [0.29, 0.717) is 0 Å². The zero-order valence-electron chi connectivity index (χ0n) is 13.0. The van der Waals surface area contributed by atoms with Gasteiger partial charge < -0.3 is 5.73 Å². The number of unbranched alkanes of at least 4 members (excludes halogenated alkanes) is 3. The Balaban J connectivity index is 2.30. The lowest BCUT2D eigenvalue weighted by Gasteiger charge is -2.14. The highest BCUT2D eigenvalue weighted by Gasteiger charge is 2.15. The number of aromatic nitrogens is 2. The normalized spacial score (nSPS) is 13.0. The summed E-state index contributed by atoms with van der Waals surface area (Å²) in [6.07, 6.45) is 5.85. The van der Waals surface area contributed by atoms with E-state index in [0.717, 1.165) is 33.9 Å². The van der Waals surface area contributed by atoms with Crippen molar-refractivity contribution in [1.82, 2.24) is 9.13 Å². The number of nitrogens with zero attached hydrogens (tertiary/aromatic N) is 2. The average Bonchev–Trinajstić information content (AvgIpc) is 2.67. The number of fused-ring (bicyclic) bond motifs is 1. The Bertz CT molecular complexity index is 687. The number of rotatable bonds is 6. The van der Waals surface area contributed by atoms with E-state index in [9.17, 15) is 4.79 Å². The second-order valence-electron chi connectivity index (χ2n) is 5.72. The lowest BCUT2D eigenvalue weighted by molar-refractivity contribution is 0.565. The monoisotopic (exact) mass is 353 g/mol.